The molecule has 2 rings (SSSR count). The van der Waals surface area contributed by atoms with Gasteiger partial charge in [-0.25, -0.2) is 10.2 Å². The molecule has 33 heavy (non-hydrogen) atoms. The molecule has 0 bridgehead atoms. The van der Waals surface area contributed by atoms with Crippen LogP contribution >= 0.6 is 0 Å². The van der Waals surface area contributed by atoms with Gasteiger partial charge in [-0.15, -0.1) is 0 Å². The summed E-state index contributed by atoms with van der Waals surface area (Å²) in [5.74, 6) is -0.553. The van der Waals surface area contributed by atoms with Gasteiger partial charge in [0.25, 0.3) is 5.91 Å². The monoisotopic (exact) mass is 453 g/mol. The van der Waals surface area contributed by atoms with E-state index in [0.717, 1.165) is 43.4 Å². The van der Waals surface area contributed by atoms with E-state index in [2.05, 4.69) is 17.5 Å². The highest BCUT2D eigenvalue weighted by molar-refractivity contribution is 5.92. The van der Waals surface area contributed by atoms with E-state index in [1.54, 1.807) is 30.5 Å². The number of amides is 1. The molecule has 0 saturated heterocycles. The molecule has 0 saturated carbocycles. The van der Waals surface area contributed by atoms with E-state index >= 15 is 0 Å². The Labute approximate surface area is 196 Å². The van der Waals surface area contributed by atoms with Gasteiger partial charge in [-0.05, 0) is 49.1 Å². The molecule has 0 aliphatic heterocycles. The number of unbranched alkanes of at least 4 members (excludes halogenated alkanes) is 2. The van der Waals surface area contributed by atoms with Gasteiger partial charge >= 0.3 is 5.97 Å². The molecule has 0 aliphatic rings. The van der Waals surface area contributed by atoms with Crippen LogP contribution in [-0.4, -0.2) is 44.9 Å². The minimum Gasteiger partial charge on any atom is -0.483 e. The van der Waals surface area contributed by atoms with Gasteiger partial charge < -0.3 is 14.4 Å². The van der Waals surface area contributed by atoms with E-state index < -0.39 is 11.9 Å². The zero-order chi connectivity index (χ0) is 24.1. The van der Waals surface area contributed by atoms with Crippen LogP contribution in [0, 0.1) is 0 Å². The first-order valence-corrected chi connectivity index (χ1v) is 11.5. The summed E-state index contributed by atoms with van der Waals surface area (Å²) >= 11 is 0. The van der Waals surface area contributed by atoms with Crippen LogP contribution in [0.25, 0.3) is 0 Å². The van der Waals surface area contributed by atoms with Crippen LogP contribution in [0.3, 0.4) is 0 Å². The number of carbonyl (C=O) groups excluding carboxylic acids is 2. The van der Waals surface area contributed by atoms with E-state index in [-0.39, 0.29) is 12.7 Å². The van der Waals surface area contributed by atoms with Crippen molar-refractivity contribution in [2.75, 3.05) is 25.6 Å². The lowest BCUT2D eigenvalue weighted by molar-refractivity contribution is -0.123. The summed E-state index contributed by atoms with van der Waals surface area (Å²) in [5.41, 5.74) is 4.68. The maximum atomic E-state index is 12.7. The first-order chi connectivity index (χ1) is 15.9. The molecule has 1 amide bonds. The maximum absolute atomic E-state index is 12.7. The first kappa shape index (κ1) is 25.9. The van der Waals surface area contributed by atoms with Crippen molar-refractivity contribution in [3.63, 3.8) is 0 Å². The molecule has 0 aromatic heterocycles. The van der Waals surface area contributed by atoms with E-state index in [9.17, 15) is 9.59 Å². The molecule has 7 heteroatoms. The van der Waals surface area contributed by atoms with Crippen LogP contribution in [0.5, 0.6) is 5.75 Å². The molecule has 0 radical (unpaired) electrons. The summed E-state index contributed by atoms with van der Waals surface area (Å²) in [6.45, 7) is 3.88. The molecule has 1 atom stereocenters. The molecule has 0 heterocycles. The fourth-order valence-electron chi connectivity index (χ4n) is 3.16. The molecule has 0 aliphatic carbocycles. The zero-order valence-electron chi connectivity index (χ0n) is 20.0. The largest absolute Gasteiger partial charge is 0.483 e. The molecule has 2 aromatic carbocycles. The van der Waals surface area contributed by atoms with Gasteiger partial charge in [0.05, 0.1) is 6.21 Å². The summed E-state index contributed by atoms with van der Waals surface area (Å²) < 4.78 is 11.3. The van der Waals surface area contributed by atoms with Gasteiger partial charge in [0.1, 0.15) is 17.4 Å². The highest BCUT2D eigenvalue weighted by Gasteiger charge is 2.18. The maximum Gasteiger partial charge on any atom is 0.342 e. The average molecular weight is 454 g/mol. The van der Waals surface area contributed by atoms with Gasteiger partial charge in [0.2, 0.25) is 0 Å². The Morgan fingerprint density at radius 1 is 1.06 bits per heavy atom. The van der Waals surface area contributed by atoms with Crippen molar-refractivity contribution in [3.8, 4) is 5.75 Å². The quantitative estimate of drug-likeness (QED) is 0.204. The number of esters is 1. The Morgan fingerprint density at radius 3 is 2.45 bits per heavy atom. The minimum absolute atomic E-state index is 0.124. The number of para-hydroxylation sites is 1. The van der Waals surface area contributed by atoms with Crippen LogP contribution in [0.15, 0.2) is 53.6 Å². The molecule has 0 fully saturated rings. The van der Waals surface area contributed by atoms with Crippen molar-refractivity contribution < 1.29 is 19.1 Å². The summed E-state index contributed by atoms with van der Waals surface area (Å²) in [6, 6.07) is 14.5. The predicted octanol–water partition coefficient (Wildman–Crippen LogP) is 4.80. The number of hydrogen-bond donors (Lipinski definition) is 1. The lowest BCUT2D eigenvalue weighted by Gasteiger charge is -2.17. The summed E-state index contributed by atoms with van der Waals surface area (Å²) in [4.78, 5) is 26.8. The van der Waals surface area contributed by atoms with Crippen LogP contribution in [-0.2, 0) is 9.53 Å². The Morgan fingerprint density at radius 2 is 1.79 bits per heavy atom. The second-order valence-electron chi connectivity index (χ2n) is 8.00. The minimum atomic E-state index is -0.437. The van der Waals surface area contributed by atoms with Crippen molar-refractivity contribution in [1.29, 1.82) is 0 Å². The number of anilines is 1. The summed E-state index contributed by atoms with van der Waals surface area (Å²) in [7, 11) is 3.94. The molecule has 178 valence electrons. The first-order valence-electron chi connectivity index (χ1n) is 11.5. The van der Waals surface area contributed by atoms with Gasteiger partial charge in [0, 0.05) is 19.8 Å². The molecule has 7 nitrogen and oxygen atoms in total. The Kier molecular flexibility index (Phi) is 10.9. The SMILES string of the molecule is CCCCCC(CC)OC(=O)c1ccccc1OCC(=O)NN=Cc1ccc(N(C)C)cc1. The zero-order valence-corrected chi connectivity index (χ0v) is 20.0. The fourth-order valence-corrected chi connectivity index (χ4v) is 3.16. The smallest absolute Gasteiger partial charge is 0.342 e. The number of rotatable bonds is 13. The normalized spacial score (nSPS) is 11.8. The number of ether oxygens (including phenoxy) is 2. The van der Waals surface area contributed by atoms with E-state index in [4.69, 9.17) is 9.47 Å². The van der Waals surface area contributed by atoms with Crippen LogP contribution in [0.1, 0.15) is 61.9 Å². The third kappa shape index (κ3) is 8.96. The third-order valence-electron chi connectivity index (χ3n) is 5.14. The van der Waals surface area contributed by atoms with E-state index in [0.29, 0.717) is 11.3 Å². The average Bonchev–Trinajstić information content (AvgIpc) is 2.82. The Hall–Kier alpha value is -3.35. The van der Waals surface area contributed by atoms with Crippen molar-refractivity contribution in [2.45, 2.75) is 52.1 Å². The molecule has 0 spiro atoms. The number of benzene rings is 2. The second kappa shape index (κ2) is 13.9. The van der Waals surface area contributed by atoms with Crippen LogP contribution in [0.4, 0.5) is 5.69 Å². The van der Waals surface area contributed by atoms with Crippen molar-refractivity contribution in [1.82, 2.24) is 5.43 Å². The van der Waals surface area contributed by atoms with Gasteiger partial charge in [-0.2, -0.15) is 5.10 Å². The van der Waals surface area contributed by atoms with Gasteiger partial charge in [0.15, 0.2) is 6.61 Å². The Bertz CT molecular complexity index is 910. The molecular weight excluding hydrogens is 418 g/mol. The van der Waals surface area contributed by atoms with Crippen molar-refractivity contribution >= 4 is 23.8 Å². The van der Waals surface area contributed by atoms with Gasteiger partial charge in [-0.3, -0.25) is 4.79 Å². The highest BCUT2D eigenvalue weighted by atomic mass is 16.5. The Balaban J connectivity index is 1.88. The highest BCUT2D eigenvalue weighted by Crippen LogP contribution is 2.21. The lowest BCUT2D eigenvalue weighted by Crippen LogP contribution is -2.25. The van der Waals surface area contributed by atoms with Crippen LogP contribution < -0.4 is 15.1 Å². The number of nitrogens with zero attached hydrogens (tertiary/aromatic N) is 2. The molecule has 1 unspecified atom stereocenters. The topological polar surface area (TPSA) is 80.2 Å². The fraction of sp³-hybridized carbons (Fsp3) is 0.423. The number of nitrogens with one attached hydrogen (secondary N) is 1. The predicted molar refractivity (Wildman–Crippen MR) is 132 cm³/mol. The lowest BCUT2D eigenvalue weighted by atomic mass is 10.1. The number of hydrazone groups is 1. The molecule has 1 N–H and O–H groups in total. The second-order valence-corrected chi connectivity index (χ2v) is 8.00. The van der Waals surface area contributed by atoms with E-state index in [1.807, 2.05) is 50.2 Å². The summed E-state index contributed by atoms with van der Waals surface area (Å²) in [6.07, 6.45) is 6.31. The van der Waals surface area contributed by atoms with Crippen LogP contribution in [0.2, 0.25) is 0 Å². The number of hydrogen-bond acceptors (Lipinski definition) is 6. The standard InChI is InChI=1S/C26H35N3O4/c1-5-7-8-11-22(6-2)33-26(31)23-12-9-10-13-24(23)32-19-25(30)28-27-18-20-14-16-21(17-15-20)29(3)4/h9-10,12-18,22H,5-8,11,19H2,1-4H3,(H,28,30). The van der Waals surface area contributed by atoms with Crippen molar-refractivity contribution in [2.24, 2.45) is 5.10 Å². The van der Waals surface area contributed by atoms with E-state index in [1.165, 1.54) is 0 Å². The summed E-state index contributed by atoms with van der Waals surface area (Å²) in [5, 5.41) is 3.96. The number of carbonyl (C=O) groups is 2. The molecule has 2 aromatic rings. The third-order valence-corrected chi connectivity index (χ3v) is 5.14. The van der Waals surface area contributed by atoms with Crippen molar-refractivity contribution in [3.05, 3.63) is 59.7 Å². The molecular formula is C26H35N3O4. The van der Waals surface area contributed by atoms with Gasteiger partial charge in [-0.1, -0.05) is 51.0 Å².